The number of nitrogens with zero attached hydrogens (tertiary/aromatic N) is 6. The van der Waals surface area contributed by atoms with Gasteiger partial charge in [0.2, 0.25) is 0 Å². The molecule has 2 aromatic heterocycles. The van der Waals surface area contributed by atoms with E-state index in [2.05, 4.69) is 185 Å². The quantitative estimate of drug-likeness (QED) is 0.137. The van der Waals surface area contributed by atoms with Crippen LogP contribution in [0.25, 0.3) is 95.0 Å². The molecule has 0 aliphatic heterocycles. The van der Waals surface area contributed by atoms with E-state index in [0.717, 1.165) is 94.6 Å². The summed E-state index contributed by atoms with van der Waals surface area (Å²) in [4.78, 5) is 17.7. The Labute approximate surface area is 406 Å². The van der Waals surface area contributed by atoms with Gasteiger partial charge in [0.05, 0.1) is 34.0 Å². The van der Waals surface area contributed by atoms with Crippen LogP contribution in [0.1, 0.15) is 5.56 Å². The molecule has 0 saturated heterocycles. The number of aromatic nitrogens is 4. The van der Waals surface area contributed by atoms with Gasteiger partial charge >= 0.3 is 0 Å². The average molecular weight is 895 g/mol. The first-order valence-corrected chi connectivity index (χ1v) is 23.3. The number of anilines is 3. The largest absolute Gasteiger partial charge is 0.308 e. The highest BCUT2D eigenvalue weighted by atomic mass is 15.2. The van der Waals surface area contributed by atoms with Crippen molar-refractivity contribution in [1.82, 2.24) is 19.5 Å². The molecule has 0 amide bonds. The lowest BCUT2D eigenvalue weighted by atomic mass is 9.98. The summed E-state index contributed by atoms with van der Waals surface area (Å²) in [5.41, 5.74) is 15.7. The SMILES string of the molecule is N#Cc1ccc(-c2cc(-c3nc(-c4ccccc4)nc(-c4ccccc4)n3)ccc2-n2c3ccc(-c4ccccc4)cc3c3cc(-c4ccccc4)cc(N(c4ccccc4)c4ccccc4)c32)cc1. The third-order valence-corrected chi connectivity index (χ3v) is 12.8. The molecule has 0 unspecified atom stereocenters. The van der Waals surface area contributed by atoms with Gasteiger partial charge in [-0.1, -0.05) is 176 Å². The Morgan fingerprint density at radius 2 is 0.800 bits per heavy atom. The standard InChI is InChI=1S/C64H42N6/c65-43-44-31-33-47(34-32-44)55-40-51(64-67-62(48-23-11-3-12-24-48)66-63(68-64)49-25-13-4-14-26-49)36-38-58(55)70-59-37-35-50(45-19-7-1-8-20-45)39-56(59)57-41-52(46-21-9-2-10-22-46)42-60(61(57)70)69(53-27-15-5-16-28-53)54-29-17-6-18-30-54/h1-42H. The van der Waals surface area contributed by atoms with Gasteiger partial charge in [-0.15, -0.1) is 0 Å². The predicted molar refractivity (Wildman–Crippen MR) is 286 cm³/mol. The molecule has 0 bridgehead atoms. The first kappa shape index (κ1) is 41.7. The molecule has 0 aliphatic carbocycles. The van der Waals surface area contributed by atoms with Gasteiger partial charge in [0.1, 0.15) is 0 Å². The van der Waals surface area contributed by atoms with Crippen molar-refractivity contribution in [2.45, 2.75) is 0 Å². The van der Waals surface area contributed by atoms with E-state index in [0.29, 0.717) is 23.0 Å². The Bertz CT molecular complexity index is 3750. The van der Waals surface area contributed by atoms with Crippen LogP contribution in [0.2, 0.25) is 0 Å². The van der Waals surface area contributed by atoms with E-state index in [4.69, 9.17) is 15.0 Å². The molecular formula is C64H42N6. The third-order valence-electron chi connectivity index (χ3n) is 12.8. The van der Waals surface area contributed by atoms with Crippen LogP contribution in [-0.2, 0) is 0 Å². The molecule has 0 fully saturated rings. The van der Waals surface area contributed by atoms with E-state index in [1.807, 2.05) is 84.9 Å². The van der Waals surface area contributed by atoms with Crippen LogP contribution >= 0.6 is 0 Å². The molecule has 0 N–H and O–H groups in total. The molecule has 0 spiro atoms. The predicted octanol–water partition coefficient (Wildman–Crippen LogP) is 16.3. The summed E-state index contributed by atoms with van der Waals surface area (Å²) in [5, 5.41) is 12.2. The molecule has 12 rings (SSSR count). The molecule has 10 aromatic carbocycles. The number of hydrogen-bond donors (Lipinski definition) is 0. The Balaban J connectivity index is 1.19. The van der Waals surface area contributed by atoms with Crippen molar-refractivity contribution < 1.29 is 0 Å². The summed E-state index contributed by atoms with van der Waals surface area (Å²) >= 11 is 0. The van der Waals surface area contributed by atoms with Gasteiger partial charge in [-0.2, -0.15) is 5.26 Å². The zero-order valence-electron chi connectivity index (χ0n) is 37.9. The van der Waals surface area contributed by atoms with Crippen LogP contribution in [0.3, 0.4) is 0 Å². The number of hydrogen-bond acceptors (Lipinski definition) is 5. The van der Waals surface area contributed by atoms with E-state index in [1.54, 1.807) is 0 Å². The molecule has 0 saturated carbocycles. The maximum atomic E-state index is 9.97. The molecule has 6 nitrogen and oxygen atoms in total. The second kappa shape index (κ2) is 18.2. The fourth-order valence-corrected chi connectivity index (χ4v) is 9.50. The first-order valence-electron chi connectivity index (χ1n) is 23.3. The van der Waals surface area contributed by atoms with E-state index in [9.17, 15) is 5.26 Å². The van der Waals surface area contributed by atoms with E-state index >= 15 is 0 Å². The lowest BCUT2D eigenvalue weighted by Crippen LogP contribution is -2.12. The van der Waals surface area contributed by atoms with Gasteiger partial charge in [0.15, 0.2) is 17.5 Å². The normalized spacial score (nSPS) is 11.1. The molecule has 70 heavy (non-hydrogen) atoms. The average Bonchev–Trinajstić information content (AvgIpc) is 3.78. The summed E-state index contributed by atoms with van der Waals surface area (Å²) in [6, 6.07) is 90.8. The Morgan fingerprint density at radius 1 is 0.357 bits per heavy atom. The van der Waals surface area contributed by atoms with Crippen LogP contribution in [0.15, 0.2) is 255 Å². The second-order valence-corrected chi connectivity index (χ2v) is 17.2. The molecule has 0 aliphatic rings. The summed E-state index contributed by atoms with van der Waals surface area (Å²) in [6.45, 7) is 0. The first-order chi connectivity index (χ1) is 34.7. The Kier molecular flexibility index (Phi) is 10.8. The second-order valence-electron chi connectivity index (χ2n) is 17.2. The topological polar surface area (TPSA) is 70.6 Å². The van der Waals surface area contributed by atoms with Crippen molar-refractivity contribution in [3.63, 3.8) is 0 Å². The number of rotatable bonds is 10. The fraction of sp³-hybridized carbons (Fsp3) is 0. The number of nitriles is 1. The van der Waals surface area contributed by atoms with Crippen LogP contribution in [0, 0.1) is 11.3 Å². The lowest BCUT2D eigenvalue weighted by molar-refractivity contribution is 1.07. The molecule has 2 heterocycles. The molecule has 328 valence electrons. The van der Waals surface area contributed by atoms with Crippen molar-refractivity contribution in [3.8, 4) is 79.3 Å². The van der Waals surface area contributed by atoms with Crippen molar-refractivity contribution in [2.24, 2.45) is 0 Å². The highest BCUT2D eigenvalue weighted by Crippen LogP contribution is 2.48. The zero-order chi connectivity index (χ0) is 46.8. The highest BCUT2D eigenvalue weighted by Gasteiger charge is 2.25. The van der Waals surface area contributed by atoms with Crippen molar-refractivity contribution >= 4 is 38.9 Å². The van der Waals surface area contributed by atoms with E-state index in [-0.39, 0.29) is 0 Å². The zero-order valence-corrected chi connectivity index (χ0v) is 37.9. The van der Waals surface area contributed by atoms with E-state index < -0.39 is 0 Å². The molecule has 0 radical (unpaired) electrons. The smallest absolute Gasteiger partial charge is 0.164 e. The van der Waals surface area contributed by atoms with Crippen molar-refractivity contribution in [2.75, 3.05) is 4.90 Å². The van der Waals surface area contributed by atoms with Crippen LogP contribution < -0.4 is 4.90 Å². The van der Waals surface area contributed by atoms with Crippen molar-refractivity contribution in [3.05, 3.63) is 260 Å². The number of para-hydroxylation sites is 2. The van der Waals surface area contributed by atoms with Gasteiger partial charge in [-0.05, 0) is 107 Å². The minimum atomic E-state index is 0.552. The Morgan fingerprint density at radius 3 is 1.33 bits per heavy atom. The van der Waals surface area contributed by atoms with Gasteiger partial charge in [-0.3, -0.25) is 0 Å². The van der Waals surface area contributed by atoms with Crippen LogP contribution in [0.4, 0.5) is 17.1 Å². The highest BCUT2D eigenvalue weighted by molar-refractivity contribution is 6.17. The molecular weight excluding hydrogens is 853 g/mol. The maximum Gasteiger partial charge on any atom is 0.164 e. The summed E-state index contributed by atoms with van der Waals surface area (Å²) in [6.07, 6.45) is 0. The van der Waals surface area contributed by atoms with Gasteiger partial charge in [0, 0.05) is 44.4 Å². The van der Waals surface area contributed by atoms with Gasteiger partial charge < -0.3 is 9.47 Å². The van der Waals surface area contributed by atoms with Gasteiger partial charge in [-0.25, -0.2) is 15.0 Å². The molecule has 12 aromatic rings. The summed E-state index contributed by atoms with van der Waals surface area (Å²) in [5.74, 6) is 1.73. The number of benzene rings is 10. The lowest BCUT2D eigenvalue weighted by Gasteiger charge is -2.28. The summed E-state index contributed by atoms with van der Waals surface area (Å²) in [7, 11) is 0. The monoisotopic (exact) mass is 894 g/mol. The summed E-state index contributed by atoms with van der Waals surface area (Å²) < 4.78 is 2.43. The minimum absolute atomic E-state index is 0.552. The van der Waals surface area contributed by atoms with Crippen LogP contribution in [-0.4, -0.2) is 19.5 Å². The molecule has 0 atom stereocenters. The Hall–Kier alpha value is -9.70. The van der Waals surface area contributed by atoms with Gasteiger partial charge in [0.25, 0.3) is 0 Å². The van der Waals surface area contributed by atoms with E-state index in [1.165, 1.54) is 0 Å². The molecule has 6 heteroatoms. The van der Waals surface area contributed by atoms with Crippen molar-refractivity contribution in [1.29, 1.82) is 5.26 Å². The third kappa shape index (κ3) is 7.84. The van der Waals surface area contributed by atoms with Crippen LogP contribution in [0.5, 0.6) is 0 Å². The maximum absolute atomic E-state index is 9.97. The number of fused-ring (bicyclic) bond motifs is 3. The fourth-order valence-electron chi connectivity index (χ4n) is 9.50. The minimum Gasteiger partial charge on any atom is -0.308 e.